The molecule has 0 atom stereocenters. The summed E-state index contributed by atoms with van der Waals surface area (Å²) in [6.07, 6.45) is 0. The normalized spacial score (nSPS) is 13.2. The third-order valence-corrected chi connectivity index (χ3v) is 25.4. The van der Waals surface area contributed by atoms with E-state index in [4.69, 9.17) is 0 Å². The molecule has 0 aliphatic carbocycles. The molecule has 3 heterocycles. The predicted molar refractivity (Wildman–Crippen MR) is 501 cm³/mol. The van der Waals surface area contributed by atoms with Crippen LogP contribution in [0.5, 0.6) is 0 Å². The number of anilines is 6. The van der Waals surface area contributed by atoms with Crippen molar-refractivity contribution in [1.82, 2.24) is 4.57 Å². The van der Waals surface area contributed by atoms with E-state index >= 15 is 0 Å². The van der Waals surface area contributed by atoms with E-state index in [9.17, 15) is 0 Å². The maximum absolute atomic E-state index is 2.79. The number of benzene rings is 17. The van der Waals surface area contributed by atoms with E-state index in [1.54, 1.807) is 0 Å². The van der Waals surface area contributed by atoms with Gasteiger partial charge < -0.3 is 14.4 Å². The van der Waals surface area contributed by atoms with Crippen LogP contribution < -0.4 is 26.2 Å². The van der Waals surface area contributed by atoms with Crippen molar-refractivity contribution in [2.45, 2.75) is 131 Å². The van der Waals surface area contributed by atoms with Crippen molar-refractivity contribution in [2.24, 2.45) is 0 Å². The van der Waals surface area contributed by atoms with Gasteiger partial charge in [0.2, 0.25) is 0 Å². The van der Waals surface area contributed by atoms with Gasteiger partial charge in [-0.05, 0) is 238 Å². The van der Waals surface area contributed by atoms with Crippen LogP contribution in [-0.4, -0.2) is 11.3 Å². The molecule has 0 saturated heterocycles. The quantitative estimate of drug-likeness (QED) is 0.0768. The molecule has 0 N–H and O–H groups in total. The number of hydrogen-bond donors (Lipinski definition) is 0. The second-order valence-corrected chi connectivity index (χ2v) is 38.1. The van der Waals surface area contributed by atoms with E-state index in [2.05, 4.69) is 440 Å². The lowest BCUT2D eigenvalue weighted by Crippen LogP contribution is -2.61. The summed E-state index contributed by atoms with van der Waals surface area (Å²) in [5.41, 5.74) is 35.8. The Morgan fingerprint density at radius 3 is 0.991 bits per heavy atom. The molecular weight excluding hydrogens is 1400 g/mol. The molecule has 2 aliphatic rings. The summed E-state index contributed by atoms with van der Waals surface area (Å²) in [5, 5.41) is 10.4. The lowest BCUT2D eigenvalue weighted by Gasteiger charge is -2.47. The highest BCUT2D eigenvalue weighted by Gasteiger charge is 2.47. The Morgan fingerprint density at radius 1 is 0.224 bits per heavy atom. The Hall–Kier alpha value is -12.5. The molecular formula is C112H98BN3. The monoisotopic (exact) mass is 1500 g/mol. The molecule has 0 unspecified atom stereocenters. The number of fused-ring (bicyclic) bond motifs is 5. The van der Waals surface area contributed by atoms with E-state index in [0.29, 0.717) is 0 Å². The Balaban J connectivity index is 0.973. The zero-order valence-corrected chi connectivity index (χ0v) is 69.5. The second kappa shape index (κ2) is 26.5. The molecule has 564 valence electrons. The second-order valence-electron chi connectivity index (χ2n) is 38.1. The third kappa shape index (κ3) is 11.9. The van der Waals surface area contributed by atoms with E-state index < -0.39 is 0 Å². The number of nitrogens with zero attached hydrogens (tertiary/aromatic N) is 3. The first-order valence-electron chi connectivity index (χ1n) is 41.6. The summed E-state index contributed by atoms with van der Waals surface area (Å²) in [7, 11) is 0. The first-order chi connectivity index (χ1) is 55.7. The Morgan fingerprint density at radius 2 is 0.569 bits per heavy atom. The molecule has 0 fully saturated rings. The molecule has 0 amide bonds. The van der Waals surface area contributed by atoms with Gasteiger partial charge in [-0.15, -0.1) is 0 Å². The van der Waals surface area contributed by atoms with Crippen LogP contribution >= 0.6 is 0 Å². The molecule has 1 aromatic heterocycles. The summed E-state index contributed by atoms with van der Waals surface area (Å²) in [4.78, 5) is 5.56. The lowest BCUT2D eigenvalue weighted by molar-refractivity contribution is 0.569. The Bertz CT molecular complexity index is 6650. The summed E-state index contributed by atoms with van der Waals surface area (Å²) < 4.78 is 2.61. The zero-order chi connectivity index (χ0) is 79.8. The minimum absolute atomic E-state index is 0.122. The average Bonchev–Trinajstić information content (AvgIpc) is 1.68. The van der Waals surface area contributed by atoms with Gasteiger partial charge in [0.15, 0.2) is 0 Å². The third-order valence-electron chi connectivity index (χ3n) is 25.4. The summed E-state index contributed by atoms with van der Waals surface area (Å²) in [5.74, 6) is 0. The van der Waals surface area contributed by atoms with Crippen molar-refractivity contribution < 1.29 is 0 Å². The smallest absolute Gasteiger partial charge is 0.252 e. The molecule has 18 aromatic rings. The molecule has 0 bridgehead atoms. The summed E-state index contributed by atoms with van der Waals surface area (Å²) in [6.45, 7) is 35.5. The van der Waals surface area contributed by atoms with Crippen LogP contribution in [0.3, 0.4) is 0 Å². The number of aromatic nitrogens is 1. The van der Waals surface area contributed by atoms with Crippen LogP contribution in [0.4, 0.5) is 34.1 Å². The number of rotatable bonds is 10. The van der Waals surface area contributed by atoms with Gasteiger partial charge in [0.1, 0.15) is 0 Å². The predicted octanol–water partition coefficient (Wildman–Crippen LogP) is 29.4. The minimum atomic E-state index is -0.367. The molecule has 0 saturated carbocycles. The van der Waals surface area contributed by atoms with Crippen LogP contribution in [0, 0.1) is 0 Å². The Kier molecular flexibility index (Phi) is 16.6. The van der Waals surface area contributed by atoms with Crippen LogP contribution in [0.25, 0.3) is 138 Å². The van der Waals surface area contributed by atoms with E-state index in [-0.39, 0.29) is 33.8 Å². The maximum atomic E-state index is 2.79. The van der Waals surface area contributed by atoms with Gasteiger partial charge in [-0.2, -0.15) is 0 Å². The van der Waals surface area contributed by atoms with Gasteiger partial charge in [-0.1, -0.05) is 347 Å². The summed E-state index contributed by atoms with van der Waals surface area (Å²) >= 11 is 0. The fraction of sp³-hybridized carbons (Fsp3) is 0.179. The van der Waals surface area contributed by atoms with Crippen LogP contribution in [0.2, 0.25) is 0 Å². The maximum Gasteiger partial charge on any atom is 0.252 e. The molecule has 0 spiro atoms. The van der Waals surface area contributed by atoms with Gasteiger partial charge in [-0.25, -0.2) is 0 Å². The van der Waals surface area contributed by atoms with Crippen molar-refractivity contribution in [1.29, 1.82) is 0 Å². The topological polar surface area (TPSA) is 11.4 Å². The van der Waals surface area contributed by atoms with Crippen molar-refractivity contribution in [2.75, 3.05) is 9.80 Å². The minimum Gasteiger partial charge on any atom is -0.310 e. The standard InChI is InChI=1S/C112H98BN3/c1-108(2,3)81-58-80(59-82(61-81)109(4,5)6)77-48-52-93-97(60-77)115(107-91(78-44-28-42-75(56-78)69-32-20-16-21-33-69)64-84(111(10,11)12)65-92(107)79-45-29-43-76(57-79)70-34-22-17-23-35-70)99-66-85(112(13,14)15)67-100-105(99)113(93)94-53-51-86(114-95-54-49-73-40-30-46-87-88-47-31-41-74-50-55-96(114)104(102(74)88)103(95)101(73)87)68-98(94)116(100)106-89(71-36-24-18-25-37-71)62-83(110(7,8)9)63-90(106)72-38-26-19-27-39-72/h16-68H,1-15H3. The molecule has 20 rings (SSSR count). The van der Waals surface area contributed by atoms with E-state index in [1.165, 1.54) is 143 Å². The zero-order valence-electron chi connectivity index (χ0n) is 69.5. The lowest BCUT2D eigenvalue weighted by atomic mass is 9.33. The highest BCUT2D eigenvalue weighted by Crippen LogP contribution is 2.57. The molecule has 116 heavy (non-hydrogen) atoms. The largest absolute Gasteiger partial charge is 0.310 e. The van der Waals surface area contributed by atoms with E-state index in [0.717, 1.165) is 73.2 Å². The molecule has 0 radical (unpaired) electrons. The highest BCUT2D eigenvalue weighted by atomic mass is 15.2. The fourth-order valence-corrected chi connectivity index (χ4v) is 19.1. The summed E-state index contributed by atoms with van der Waals surface area (Å²) in [6, 6.07) is 125. The Labute approximate surface area is 685 Å². The van der Waals surface area contributed by atoms with Crippen LogP contribution in [0.1, 0.15) is 132 Å². The van der Waals surface area contributed by atoms with Crippen molar-refractivity contribution in [3.63, 3.8) is 0 Å². The van der Waals surface area contributed by atoms with E-state index in [1.807, 2.05) is 0 Å². The van der Waals surface area contributed by atoms with Crippen molar-refractivity contribution in [3.8, 4) is 83.6 Å². The highest BCUT2D eigenvalue weighted by molar-refractivity contribution is 7.00. The molecule has 17 aromatic carbocycles. The molecule has 2 aliphatic heterocycles. The van der Waals surface area contributed by atoms with Crippen LogP contribution in [0.15, 0.2) is 322 Å². The first-order valence-corrected chi connectivity index (χ1v) is 41.6. The average molecular weight is 1500 g/mol. The van der Waals surface area contributed by atoms with Gasteiger partial charge in [0.05, 0.1) is 22.4 Å². The van der Waals surface area contributed by atoms with Crippen molar-refractivity contribution in [3.05, 3.63) is 349 Å². The van der Waals surface area contributed by atoms with Gasteiger partial charge in [-0.3, -0.25) is 0 Å². The van der Waals surface area contributed by atoms with Gasteiger partial charge in [0.25, 0.3) is 6.71 Å². The van der Waals surface area contributed by atoms with Gasteiger partial charge in [0, 0.05) is 61.5 Å². The SMILES string of the molecule is CC(C)(C)c1cc(-c2ccc3c(c2)N(c2c(-c4cccc(-c5ccccc5)c4)cc(C(C)(C)C)cc2-c2cccc(-c4ccccc4)c2)c2cc(C(C)(C)C)cc4c2B3c2ccc(-n3c5ccc6cccc7c8cccc9ccc3c(c98)c5c67)cc2N4c2c(-c3ccccc3)cc(C(C)(C)C)cc2-c2ccccc2)cc(C(C)(C)C)c1. The first kappa shape index (κ1) is 72.5. The van der Waals surface area contributed by atoms with Crippen molar-refractivity contribution >= 4 is 111 Å². The molecule has 3 nitrogen and oxygen atoms in total. The molecule has 4 heteroatoms. The fourth-order valence-electron chi connectivity index (χ4n) is 19.1. The van der Waals surface area contributed by atoms with Gasteiger partial charge >= 0.3 is 0 Å². The van der Waals surface area contributed by atoms with Crippen LogP contribution in [-0.2, 0) is 27.1 Å². The number of hydrogen-bond acceptors (Lipinski definition) is 2.